The van der Waals surface area contributed by atoms with Gasteiger partial charge in [0.2, 0.25) is 0 Å². The van der Waals surface area contributed by atoms with Gasteiger partial charge in [-0.2, -0.15) is 0 Å². The van der Waals surface area contributed by atoms with Crippen molar-refractivity contribution in [2.45, 2.75) is 44.6 Å². The van der Waals surface area contributed by atoms with Crippen molar-refractivity contribution in [2.75, 3.05) is 31.2 Å². The van der Waals surface area contributed by atoms with Gasteiger partial charge in [-0.3, -0.25) is 0 Å². The molecule has 2 aliphatic heterocycles. The number of benzene rings is 1. The van der Waals surface area contributed by atoms with Crippen LogP contribution in [0.3, 0.4) is 0 Å². The lowest BCUT2D eigenvalue weighted by molar-refractivity contribution is -0.0355. The van der Waals surface area contributed by atoms with Crippen molar-refractivity contribution in [2.24, 2.45) is 5.41 Å². The van der Waals surface area contributed by atoms with E-state index in [0.29, 0.717) is 6.10 Å². The lowest BCUT2D eigenvalue weighted by Gasteiger charge is -2.43. The summed E-state index contributed by atoms with van der Waals surface area (Å²) in [5.74, 6) is 0.926. The number of anilines is 1. The van der Waals surface area contributed by atoms with E-state index in [9.17, 15) is 5.11 Å². The predicted molar refractivity (Wildman–Crippen MR) is 107 cm³/mol. The van der Waals surface area contributed by atoms with Crippen molar-refractivity contribution in [1.29, 1.82) is 0 Å². The molecule has 1 aromatic carbocycles. The van der Waals surface area contributed by atoms with E-state index >= 15 is 0 Å². The third kappa shape index (κ3) is 4.30. The maximum Gasteiger partial charge on any atom is 0.151 e. The summed E-state index contributed by atoms with van der Waals surface area (Å²) >= 11 is 0. The molecule has 0 bridgehead atoms. The molecule has 1 unspecified atom stereocenters. The van der Waals surface area contributed by atoms with Crippen LogP contribution in [-0.4, -0.2) is 47.7 Å². The van der Waals surface area contributed by atoms with Gasteiger partial charge >= 0.3 is 0 Å². The average molecular weight is 367 g/mol. The Kier molecular flexibility index (Phi) is 5.69. The van der Waals surface area contributed by atoms with E-state index in [0.717, 1.165) is 62.5 Å². The fourth-order valence-corrected chi connectivity index (χ4v) is 4.35. The van der Waals surface area contributed by atoms with Gasteiger partial charge in [-0.15, -0.1) is 10.2 Å². The van der Waals surface area contributed by atoms with Crippen molar-refractivity contribution >= 4 is 5.82 Å². The number of piperidine rings is 1. The highest BCUT2D eigenvalue weighted by Crippen LogP contribution is 2.39. The molecule has 1 aromatic heterocycles. The molecule has 27 heavy (non-hydrogen) atoms. The first-order valence-electron chi connectivity index (χ1n) is 10.1. The van der Waals surface area contributed by atoms with Gasteiger partial charge in [0, 0.05) is 31.9 Å². The Bertz CT molecular complexity index is 706. The Morgan fingerprint density at radius 1 is 1.04 bits per heavy atom. The standard InChI is InChI=1S/C22H29N3O2/c26-17-22(16-19-8-4-5-15-27-19)11-13-25(14-12-22)21-10-9-20(23-24-21)18-6-2-1-3-7-18/h1-3,6-7,9-10,19,26H,4-5,8,11-17H2. The minimum atomic E-state index is -0.00405. The lowest BCUT2D eigenvalue weighted by Crippen LogP contribution is -2.44. The first-order chi connectivity index (χ1) is 13.3. The molecule has 0 radical (unpaired) electrons. The van der Waals surface area contributed by atoms with E-state index in [1.165, 1.54) is 12.8 Å². The maximum absolute atomic E-state index is 10.1. The molecule has 2 aromatic rings. The second kappa shape index (κ2) is 8.36. The molecule has 2 aliphatic rings. The first kappa shape index (κ1) is 18.4. The molecule has 2 fully saturated rings. The highest BCUT2D eigenvalue weighted by atomic mass is 16.5. The monoisotopic (exact) mass is 367 g/mol. The summed E-state index contributed by atoms with van der Waals surface area (Å²) < 4.78 is 5.93. The van der Waals surface area contributed by atoms with Crippen molar-refractivity contribution in [3.8, 4) is 11.3 Å². The van der Waals surface area contributed by atoms with Crippen LogP contribution in [0.2, 0.25) is 0 Å². The zero-order chi connectivity index (χ0) is 18.5. The zero-order valence-electron chi connectivity index (χ0n) is 15.9. The quantitative estimate of drug-likeness (QED) is 0.873. The Hall–Kier alpha value is -1.98. The number of aliphatic hydroxyl groups is 1. The van der Waals surface area contributed by atoms with Gasteiger partial charge in [0.15, 0.2) is 5.82 Å². The molecule has 0 saturated carbocycles. The number of aliphatic hydroxyl groups excluding tert-OH is 1. The van der Waals surface area contributed by atoms with Crippen LogP contribution < -0.4 is 4.90 Å². The maximum atomic E-state index is 10.1. The number of nitrogens with zero attached hydrogens (tertiary/aromatic N) is 3. The van der Waals surface area contributed by atoms with Crippen LogP contribution in [0.1, 0.15) is 38.5 Å². The van der Waals surface area contributed by atoms with E-state index in [1.54, 1.807) is 0 Å². The largest absolute Gasteiger partial charge is 0.396 e. The first-order valence-corrected chi connectivity index (χ1v) is 10.1. The minimum Gasteiger partial charge on any atom is -0.396 e. The van der Waals surface area contributed by atoms with E-state index in [2.05, 4.69) is 21.2 Å². The van der Waals surface area contributed by atoms with Gasteiger partial charge in [0.05, 0.1) is 11.8 Å². The van der Waals surface area contributed by atoms with Crippen LogP contribution in [0.25, 0.3) is 11.3 Å². The highest BCUT2D eigenvalue weighted by Gasteiger charge is 2.37. The van der Waals surface area contributed by atoms with E-state index in [4.69, 9.17) is 4.74 Å². The summed E-state index contributed by atoms with van der Waals surface area (Å²) in [6.45, 7) is 2.94. The zero-order valence-corrected chi connectivity index (χ0v) is 15.9. The lowest BCUT2D eigenvalue weighted by atomic mass is 9.74. The highest BCUT2D eigenvalue weighted by molar-refractivity contribution is 5.59. The van der Waals surface area contributed by atoms with Crippen LogP contribution in [0, 0.1) is 5.41 Å². The predicted octanol–water partition coefficient (Wildman–Crippen LogP) is 3.68. The molecule has 0 aliphatic carbocycles. The average Bonchev–Trinajstić information content (AvgIpc) is 2.76. The fraction of sp³-hybridized carbons (Fsp3) is 0.545. The van der Waals surface area contributed by atoms with Crippen molar-refractivity contribution < 1.29 is 9.84 Å². The normalized spacial score (nSPS) is 22.6. The number of ether oxygens (including phenoxy) is 1. The summed E-state index contributed by atoms with van der Waals surface area (Å²) in [7, 11) is 0. The van der Waals surface area contributed by atoms with Crippen LogP contribution in [0.4, 0.5) is 5.82 Å². The van der Waals surface area contributed by atoms with Crippen molar-refractivity contribution in [3.05, 3.63) is 42.5 Å². The summed E-state index contributed by atoms with van der Waals surface area (Å²) in [6.07, 6.45) is 6.82. The van der Waals surface area contributed by atoms with Gasteiger partial charge in [0.1, 0.15) is 0 Å². The van der Waals surface area contributed by atoms with Crippen LogP contribution in [0.5, 0.6) is 0 Å². The number of rotatable bonds is 5. The third-order valence-electron chi connectivity index (χ3n) is 6.14. The Morgan fingerprint density at radius 3 is 2.48 bits per heavy atom. The molecule has 5 heteroatoms. The molecule has 0 amide bonds. The molecular formula is C22H29N3O2. The van der Waals surface area contributed by atoms with Gasteiger partial charge < -0.3 is 14.7 Å². The van der Waals surface area contributed by atoms with Crippen molar-refractivity contribution in [3.63, 3.8) is 0 Å². The van der Waals surface area contributed by atoms with E-state index < -0.39 is 0 Å². The summed E-state index contributed by atoms with van der Waals surface area (Å²) in [5, 5.41) is 19.0. The van der Waals surface area contributed by atoms with Crippen LogP contribution in [-0.2, 0) is 4.74 Å². The Morgan fingerprint density at radius 2 is 1.85 bits per heavy atom. The summed E-state index contributed by atoms with van der Waals surface area (Å²) in [5.41, 5.74) is 1.98. The Balaban J connectivity index is 1.38. The molecule has 5 nitrogen and oxygen atoms in total. The number of hydrogen-bond donors (Lipinski definition) is 1. The SMILES string of the molecule is OCC1(CC2CCCCO2)CCN(c2ccc(-c3ccccc3)nn2)CC1. The van der Waals surface area contributed by atoms with Crippen LogP contribution >= 0.6 is 0 Å². The molecule has 0 spiro atoms. The van der Waals surface area contributed by atoms with Gasteiger partial charge in [-0.05, 0) is 56.1 Å². The van der Waals surface area contributed by atoms with E-state index in [1.807, 2.05) is 36.4 Å². The third-order valence-corrected chi connectivity index (χ3v) is 6.14. The summed E-state index contributed by atoms with van der Waals surface area (Å²) in [6, 6.07) is 14.2. The second-order valence-corrected chi connectivity index (χ2v) is 7.98. The number of hydrogen-bond acceptors (Lipinski definition) is 5. The van der Waals surface area contributed by atoms with Crippen LogP contribution in [0.15, 0.2) is 42.5 Å². The molecule has 2 saturated heterocycles. The second-order valence-electron chi connectivity index (χ2n) is 7.98. The molecule has 1 atom stereocenters. The molecule has 4 rings (SSSR count). The van der Waals surface area contributed by atoms with Gasteiger partial charge in [-0.1, -0.05) is 30.3 Å². The van der Waals surface area contributed by atoms with E-state index in [-0.39, 0.29) is 12.0 Å². The topological polar surface area (TPSA) is 58.5 Å². The summed E-state index contributed by atoms with van der Waals surface area (Å²) in [4.78, 5) is 2.29. The van der Waals surface area contributed by atoms with Gasteiger partial charge in [-0.25, -0.2) is 0 Å². The number of aromatic nitrogens is 2. The molecular weight excluding hydrogens is 338 g/mol. The minimum absolute atomic E-state index is 0.00405. The molecule has 1 N–H and O–H groups in total. The van der Waals surface area contributed by atoms with Crippen molar-refractivity contribution in [1.82, 2.24) is 10.2 Å². The van der Waals surface area contributed by atoms with Gasteiger partial charge in [0.25, 0.3) is 0 Å². The molecule has 144 valence electrons. The fourth-order valence-electron chi connectivity index (χ4n) is 4.35. The smallest absolute Gasteiger partial charge is 0.151 e. The molecule has 3 heterocycles. The Labute approximate surface area is 161 Å².